The number of methoxy groups -OCH3 is 1. The Kier molecular flexibility index (Phi) is 5.80. The smallest absolute Gasteiger partial charge is 0.264 e. The van der Waals surface area contributed by atoms with Gasteiger partial charge in [-0.05, 0) is 29.8 Å². The molecule has 0 aliphatic carbocycles. The van der Waals surface area contributed by atoms with E-state index in [0.29, 0.717) is 23.1 Å². The SMILES string of the molecule is COc1ccccc1OCC(=O)Nc1ncc(Cc2cccc(F)c2)s1. The van der Waals surface area contributed by atoms with Crippen LogP contribution in [0.4, 0.5) is 9.52 Å². The first kappa shape index (κ1) is 17.9. The maximum atomic E-state index is 13.2. The number of nitrogens with one attached hydrogen (secondary N) is 1. The number of ether oxygens (including phenoxy) is 2. The molecule has 3 aromatic rings. The van der Waals surface area contributed by atoms with Crippen LogP contribution in [0.15, 0.2) is 54.7 Å². The summed E-state index contributed by atoms with van der Waals surface area (Å²) in [5, 5.41) is 3.17. The van der Waals surface area contributed by atoms with Crippen molar-refractivity contribution in [1.29, 1.82) is 0 Å². The number of nitrogens with zero attached hydrogens (tertiary/aromatic N) is 1. The Morgan fingerprint density at radius 1 is 1.19 bits per heavy atom. The molecule has 0 fully saturated rings. The Hall–Kier alpha value is -2.93. The molecule has 3 rings (SSSR count). The summed E-state index contributed by atoms with van der Waals surface area (Å²) >= 11 is 1.35. The molecule has 1 aromatic heterocycles. The molecule has 0 saturated heterocycles. The fourth-order valence-corrected chi connectivity index (χ4v) is 3.19. The summed E-state index contributed by atoms with van der Waals surface area (Å²) in [7, 11) is 1.54. The number of carbonyl (C=O) groups is 1. The van der Waals surface area contributed by atoms with E-state index in [9.17, 15) is 9.18 Å². The van der Waals surface area contributed by atoms with Gasteiger partial charge in [-0.3, -0.25) is 10.1 Å². The normalized spacial score (nSPS) is 10.4. The fourth-order valence-electron chi connectivity index (χ4n) is 2.33. The summed E-state index contributed by atoms with van der Waals surface area (Å²) in [4.78, 5) is 17.1. The number of anilines is 1. The zero-order chi connectivity index (χ0) is 18.4. The van der Waals surface area contributed by atoms with Crippen molar-refractivity contribution >= 4 is 22.4 Å². The number of aromatic nitrogens is 1. The molecule has 1 amide bonds. The molecule has 2 aromatic carbocycles. The standard InChI is InChI=1S/C19H17FN2O3S/c1-24-16-7-2-3-8-17(16)25-12-18(23)22-19-21-11-15(26-19)10-13-5-4-6-14(20)9-13/h2-9,11H,10,12H2,1H3,(H,21,22,23). The lowest BCUT2D eigenvalue weighted by atomic mass is 10.1. The zero-order valence-electron chi connectivity index (χ0n) is 14.1. The molecule has 0 spiro atoms. The Labute approximate surface area is 154 Å². The van der Waals surface area contributed by atoms with Crippen LogP contribution >= 0.6 is 11.3 Å². The van der Waals surface area contributed by atoms with Crippen molar-refractivity contribution in [1.82, 2.24) is 4.98 Å². The van der Waals surface area contributed by atoms with Crippen LogP contribution in [0.25, 0.3) is 0 Å². The largest absolute Gasteiger partial charge is 0.493 e. The number of thiazole rings is 1. The lowest BCUT2D eigenvalue weighted by Gasteiger charge is -2.09. The lowest BCUT2D eigenvalue weighted by molar-refractivity contribution is -0.118. The summed E-state index contributed by atoms with van der Waals surface area (Å²) in [6.07, 6.45) is 2.23. The monoisotopic (exact) mass is 372 g/mol. The van der Waals surface area contributed by atoms with E-state index >= 15 is 0 Å². The Morgan fingerprint density at radius 2 is 2.00 bits per heavy atom. The molecule has 1 heterocycles. The van der Waals surface area contributed by atoms with Crippen LogP contribution in [0.5, 0.6) is 11.5 Å². The van der Waals surface area contributed by atoms with Gasteiger partial charge in [0.15, 0.2) is 23.2 Å². The van der Waals surface area contributed by atoms with Crippen molar-refractivity contribution < 1.29 is 18.7 Å². The minimum atomic E-state index is -0.317. The lowest BCUT2D eigenvalue weighted by Crippen LogP contribution is -2.20. The highest BCUT2D eigenvalue weighted by Gasteiger charge is 2.10. The van der Waals surface area contributed by atoms with E-state index in [-0.39, 0.29) is 18.3 Å². The molecule has 7 heteroatoms. The summed E-state index contributed by atoms with van der Waals surface area (Å²) in [5.41, 5.74) is 0.853. The second-order valence-corrected chi connectivity index (χ2v) is 6.54. The average Bonchev–Trinajstić information content (AvgIpc) is 3.07. The van der Waals surface area contributed by atoms with Gasteiger partial charge in [-0.25, -0.2) is 9.37 Å². The zero-order valence-corrected chi connectivity index (χ0v) is 14.9. The van der Waals surface area contributed by atoms with E-state index < -0.39 is 0 Å². The molecule has 0 aliphatic rings. The first-order valence-corrected chi connectivity index (χ1v) is 8.70. The Bertz CT molecular complexity index is 898. The molecular formula is C19H17FN2O3S. The number of hydrogen-bond acceptors (Lipinski definition) is 5. The highest BCUT2D eigenvalue weighted by atomic mass is 32.1. The molecule has 134 valence electrons. The van der Waals surface area contributed by atoms with Crippen molar-refractivity contribution in [2.75, 3.05) is 19.0 Å². The van der Waals surface area contributed by atoms with Gasteiger partial charge in [-0.1, -0.05) is 24.3 Å². The number of carbonyl (C=O) groups excluding carboxylic acids is 1. The third kappa shape index (κ3) is 4.80. The minimum absolute atomic E-state index is 0.154. The third-order valence-corrected chi connectivity index (χ3v) is 4.41. The van der Waals surface area contributed by atoms with Gasteiger partial charge >= 0.3 is 0 Å². The fraction of sp³-hybridized carbons (Fsp3) is 0.158. The van der Waals surface area contributed by atoms with Crippen LogP contribution in [0.2, 0.25) is 0 Å². The summed E-state index contributed by atoms with van der Waals surface area (Å²) < 4.78 is 23.9. The van der Waals surface area contributed by atoms with E-state index in [4.69, 9.17) is 9.47 Å². The number of para-hydroxylation sites is 2. The summed E-state index contributed by atoms with van der Waals surface area (Å²) in [6, 6.07) is 13.5. The molecule has 0 aliphatic heterocycles. The predicted octanol–water partition coefficient (Wildman–Crippen LogP) is 3.90. The van der Waals surface area contributed by atoms with Crippen LogP contribution in [-0.2, 0) is 11.2 Å². The van der Waals surface area contributed by atoms with Crippen molar-refractivity contribution in [3.05, 3.63) is 71.0 Å². The molecule has 1 N–H and O–H groups in total. The van der Waals surface area contributed by atoms with Crippen molar-refractivity contribution in [2.45, 2.75) is 6.42 Å². The Balaban J connectivity index is 1.54. The molecule has 0 unspecified atom stereocenters. The van der Waals surface area contributed by atoms with Crippen LogP contribution in [-0.4, -0.2) is 24.6 Å². The minimum Gasteiger partial charge on any atom is -0.493 e. The number of halogens is 1. The molecule has 26 heavy (non-hydrogen) atoms. The molecule has 0 radical (unpaired) electrons. The second-order valence-electron chi connectivity index (χ2n) is 5.43. The number of rotatable bonds is 7. The van der Waals surface area contributed by atoms with Crippen LogP contribution in [0.3, 0.4) is 0 Å². The van der Waals surface area contributed by atoms with Crippen LogP contribution in [0.1, 0.15) is 10.4 Å². The van der Waals surface area contributed by atoms with Gasteiger partial charge in [0, 0.05) is 17.5 Å². The van der Waals surface area contributed by atoms with Crippen molar-refractivity contribution in [3.8, 4) is 11.5 Å². The predicted molar refractivity (Wildman–Crippen MR) is 98.4 cm³/mol. The first-order chi connectivity index (χ1) is 12.6. The van der Waals surface area contributed by atoms with Gasteiger partial charge in [0.25, 0.3) is 5.91 Å². The first-order valence-electron chi connectivity index (χ1n) is 7.89. The molecule has 0 saturated carbocycles. The van der Waals surface area contributed by atoms with Gasteiger partial charge < -0.3 is 9.47 Å². The highest BCUT2D eigenvalue weighted by molar-refractivity contribution is 7.15. The molecule has 0 atom stereocenters. The number of hydrogen-bond donors (Lipinski definition) is 1. The van der Waals surface area contributed by atoms with Gasteiger partial charge in [0.2, 0.25) is 0 Å². The van der Waals surface area contributed by atoms with Crippen molar-refractivity contribution in [3.63, 3.8) is 0 Å². The van der Waals surface area contributed by atoms with Gasteiger partial charge in [-0.15, -0.1) is 11.3 Å². The van der Waals surface area contributed by atoms with Gasteiger partial charge in [-0.2, -0.15) is 0 Å². The maximum absolute atomic E-state index is 13.2. The van der Waals surface area contributed by atoms with E-state index in [0.717, 1.165) is 10.4 Å². The topological polar surface area (TPSA) is 60.5 Å². The third-order valence-electron chi connectivity index (χ3n) is 3.50. The summed E-state index contributed by atoms with van der Waals surface area (Å²) in [6.45, 7) is -0.154. The second kappa shape index (κ2) is 8.44. The van der Waals surface area contributed by atoms with Gasteiger partial charge in [0.1, 0.15) is 5.82 Å². The maximum Gasteiger partial charge on any atom is 0.264 e. The number of amides is 1. The highest BCUT2D eigenvalue weighted by Crippen LogP contribution is 2.26. The summed E-state index contributed by atoms with van der Waals surface area (Å²) in [5.74, 6) is 0.472. The van der Waals surface area contributed by atoms with Gasteiger partial charge in [0.05, 0.1) is 7.11 Å². The quantitative estimate of drug-likeness (QED) is 0.683. The van der Waals surface area contributed by atoms with Crippen molar-refractivity contribution in [2.24, 2.45) is 0 Å². The molecular weight excluding hydrogens is 355 g/mol. The van der Waals surface area contributed by atoms with E-state index in [1.807, 2.05) is 12.1 Å². The molecule has 0 bridgehead atoms. The Morgan fingerprint density at radius 3 is 2.77 bits per heavy atom. The van der Waals surface area contributed by atoms with Crippen LogP contribution in [0, 0.1) is 5.82 Å². The number of benzene rings is 2. The van der Waals surface area contributed by atoms with E-state index in [1.54, 1.807) is 30.5 Å². The van der Waals surface area contributed by atoms with E-state index in [2.05, 4.69) is 10.3 Å². The molecule has 5 nitrogen and oxygen atoms in total. The average molecular weight is 372 g/mol. The van der Waals surface area contributed by atoms with E-state index in [1.165, 1.54) is 30.6 Å². The van der Waals surface area contributed by atoms with Crippen LogP contribution < -0.4 is 14.8 Å².